The van der Waals surface area contributed by atoms with Crippen molar-refractivity contribution in [2.45, 2.75) is 0 Å². The number of anilines is 2. The van der Waals surface area contributed by atoms with Gasteiger partial charge in [-0.1, -0.05) is 17.7 Å². The fourth-order valence-electron chi connectivity index (χ4n) is 1.89. The van der Waals surface area contributed by atoms with E-state index in [4.69, 9.17) is 26.8 Å². The molecule has 1 heterocycles. The van der Waals surface area contributed by atoms with Crippen LogP contribution in [0, 0.1) is 0 Å². The van der Waals surface area contributed by atoms with Crippen LogP contribution >= 0.6 is 11.6 Å². The minimum Gasteiger partial charge on any atom is -0.454 e. The second-order valence-corrected chi connectivity index (χ2v) is 4.69. The zero-order chi connectivity index (χ0) is 14.1. The van der Waals surface area contributed by atoms with Gasteiger partial charge in [0.05, 0.1) is 11.4 Å². The number of hydrogen-bond acceptors (Lipinski definition) is 4. The summed E-state index contributed by atoms with van der Waals surface area (Å²) in [6, 6.07) is 9.92. The Kier molecular flexibility index (Phi) is 3.12. The van der Waals surface area contributed by atoms with Crippen LogP contribution < -0.4 is 20.5 Å². The topological polar surface area (TPSA) is 73.6 Å². The molecular formula is C14H11ClN2O3. The van der Waals surface area contributed by atoms with Crippen molar-refractivity contribution in [1.29, 1.82) is 0 Å². The minimum absolute atomic E-state index is 0.153. The summed E-state index contributed by atoms with van der Waals surface area (Å²) in [7, 11) is 0. The van der Waals surface area contributed by atoms with E-state index in [1.54, 1.807) is 36.4 Å². The van der Waals surface area contributed by atoms with Gasteiger partial charge in [-0.25, -0.2) is 0 Å². The SMILES string of the molecule is Nc1cc2c(cc1NC(=O)c1cccc(Cl)c1)OCO2. The molecule has 0 atom stereocenters. The standard InChI is InChI=1S/C14H11ClN2O3/c15-9-3-1-2-8(4-9)14(18)17-11-6-13-12(5-10(11)16)19-7-20-13/h1-6H,7,16H2,(H,17,18). The number of halogens is 1. The number of nitrogens with two attached hydrogens (primary N) is 1. The highest BCUT2D eigenvalue weighted by molar-refractivity contribution is 6.31. The Morgan fingerprint density at radius 1 is 1.20 bits per heavy atom. The van der Waals surface area contributed by atoms with E-state index in [0.29, 0.717) is 33.5 Å². The molecule has 1 amide bonds. The third-order valence-corrected chi connectivity index (χ3v) is 3.11. The Bertz CT molecular complexity index is 688. The lowest BCUT2D eigenvalue weighted by molar-refractivity contribution is 0.102. The summed E-state index contributed by atoms with van der Waals surface area (Å²) in [5.41, 5.74) is 7.21. The predicted octanol–water partition coefficient (Wildman–Crippen LogP) is 2.90. The summed E-state index contributed by atoms with van der Waals surface area (Å²) in [5.74, 6) is 0.835. The van der Waals surface area contributed by atoms with Gasteiger partial charge < -0.3 is 20.5 Å². The van der Waals surface area contributed by atoms with E-state index >= 15 is 0 Å². The van der Waals surface area contributed by atoms with Crippen molar-refractivity contribution in [3.05, 3.63) is 47.0 Å². The van der Waals surface area contributed by atoms with E-state index in [2.05, 4.69) is 5.32 Å². The highest BCUT2D eigenvalue weighted by Crippen LogP contribution is 2.38. The fourth-order valence-corrected chi connectivity index (χ4v) is 2.08. The van der Waals surface area contributed by atoms with Crippen LogP contribution in [-0.2, 0) is 0 Å². The zero-order valence-electron chi connectivity index (χ0n) is 10.4. The Balaban J connectivity index is 1.86. The third-order valence-electron chi connectivity index (χ3n) is 2.88. The number of carbonyl (C=O) groups excluding carboxylic acids is 1. The van der Waals surface area contributed by atoms with Gasteiger partial charge in [0.2, 0.25) is 6.79 Å². The van der Waals surface area contributed by atoms with Crippen molar-refractivity contribution in [3.63, 3.8) is 0 Å². The maximum Gasteiger partial charge on any atom is 0.255 e. The maximum absolute atomic E-state index is 12.1. The molecule has 2 aromatic rings. The number of nitrogens with one attached hydrogen (secondary N) is 1. The molecule has 0 saturated heterocycles. The lowest BCUT2D eigenvalue weighted by Gasteiger charge is -2.09. The van der Waals surface area contributed by atoms with Crippen molar-refractivity contribution < 1.29 is 14.3 Å². The van der Waals surface area contributed by atoms with Crippen LogP contribution in [0.2, 0.25) is 5.02 Å². The quantitative estimate of drug-likeness (QED) is 0.834. The summed E-state index contributed by atoms with van der Waals surface area (Å²) < 4.78 is 10.5. The molecule has 102 valence electrons. The van der Waals surface area contributed by atoms with Gasteiger partial charge in [-0.3, -0.25) is 4.79 Å². The van der Waals surface area contributed by atoms with Crippen molar-refractivity contribution >= 4 is 28.9 Å². The van der Waals surface area contributed by atoms with Crippen LogP contribution in [0.25, 0.3) is 0 Å². The van der Waals surface area contributed by atoms with Gasteiger partial charge in [0, 0.05) is 22.7 Å². The molecule has 1 aliphatic rings. The second-order valence-electron chi connectivity index (χ2n) is 4.26. The lowest BCUT2D eigenvalue weighted by atomic mass is 10.2. The summed E-state index contributed by atoms with van der Waals surface area (Å²) in [6.07, 6.45) is 0. The molecule has 3 rings (SSSR count). The zero-order valence-corrected chi connectivity index (χ0v) is 11.1. The van der Waals surface area contributed by atoms with Crippen molar-refractivity contribution in [2.75, 3.05) is 17.8 Å². The Morgan fingerprint density at radius 2 is 1.95 bits per heavy atom. The first-order chi connectivity index (χ1) is 9.63. The van der Waals surface area contributed by atoms with E-state index in [9.17, 15) is 4.79 Å². The number of fused-ring (bicyclic) bond motifs is 1. The molecule has 6 heteroatoms. The molecule has 2 aromatic carbocycles. The maximum atomic E-state index is 12.1. The first-order valence-corrected chi connectivity index (χ1v) is 6.27. The summed E-state index contributed by atoms with van der Waals surface area (Å²) in [5, 5.41) is 3.22. The normalized spacial score (nSPS) is 12.2. The summed E-state index contributed by atoms with van der Waals surface area (Å²) in [4.78, 5) is 12.1. The largest absolute Gasteiger partial charge is 0.454 e. The van der Waals surface area contributed by atoms with Crippen molar-refractivity contribution in [2.24, 2.45) is 0 Å². The molecule has 0 radical (unpaired) electrons. The third kappa shape index (κ3) is 2.35. The first kappa shape index (κ1) is 12.6. The van der Waals surface area contributed by atoms with Gasteiger partial charge in [0.1, 0.15) is 0 Å². The number of hydrogen-bond donors (Lipinski definition) is 2. The van der Waals surface area contributed by atoms with E-state index in [1.165, 1.54) is 0 Å². The van der Waals surface area contributed by atoms with Gasteiger partial charge in [-0.05, 0) is 18.2 Å². The lowest BCUT2D eigenvalue weighted by Crippen LogP contribution is -2.13. The average Bonchev–Trinajstić information content (AvgIpc) is 2.86. The molecule has 0 spiro atoms. The Morgan fingerprint density at radius 3 is 2.70 bits per heavy atom. The molecule has 0 unspecified atom stereocenters. The number of benzene rings is 2. The van der Waals surface area contributed by atoms with Crippen LogP contribution in [0.1, 0.15) is 10.4 Å². The van der Waals surface area contributed by atoms with Gasteiger partial charge >= 0.3 is 0 Å². The fraction of sp³-hybridized carbons (Fsp3) is 0.0714. The van der Waals surface area contributed by atoms with E-state index < -0.39 is 0 Å². The monoisotopic (exact) mass is 290 g/mol. The smallest absolute Gasteiger partial charge is 0.255 e. The average molecular weight is 291 g/mol. The number of carbonyl (C=O) groups is 1. The molecule has 0 bridgehead atoms. The van der Waals surface area contributed by atoms with Gasteiger partial charge in [-0.2, -0.15) is 0 Å². The predicted molar refractivity (Wildman–Crippen MR) is 76.4 cm³/mol. The van der Waals surface area contributed by atoms with E-state index in [1.807, 2.05) is 0 Å². The Labute approximate surface area is 120 Å². The van der Waals surface area contributed by atoms with E-state index in [-0.39, 0.29) is 12.7 Å². The highest BCUT2D eigenvalue weighted by Gasteiger charge is 2.17. The molecular weight excluding hydrogens is 280 g/mol. The number of rotatable bonds is 2. The van der Waals surface area contributed by atoms with Crippen molar-refractivity contribution in [1.82, 2.24) is 0 Å². The van der Waals surface area contributed by atoms with Crippen LogP contribution in [0.5, 0.6) is 11.5 Å². The van der Waals surface area contributed by atoms with Crippen LogP contribution in [0.4, 0.5) is 11.4 Å². The molecule has 0 saturated carbocycles. The second kappa shape index (κ2) is 4.94. The minimum atomic E-state index is -0.293. The van der Waals surface area contributed by atoms with Crippen LogP contribution in [0.3, 0.4) is 0 Å². The molecule has 0 aromatic heterocycles. The summed E-state index contributed by atoms with van der Waals surface area (Å²) >= 11 is 5.86. The number of nitrogen functional groups attached to an aromatic ring is 1. The number of ether oxygens (including phenoxy) is 2. The highest BCUT2D eigenvalue weighted by atomic mass is 35.5. The van der Waals surface area contributed by atoms with Gasteiger partial charge in [0.15, 0.2) is 11.5 Å². The van der Waals surface area contributed by atoms with Gasteiger partial charge in [-0.15, -0.1) is 0 Å². The van der Waals surface area contributed by atoms with Gasteiger partial charge in [0.25, 0.3) is 5.91 Å². The molecule has 5 nitrogen and oxygen atoms in total. The molecule has 3 N–H and O–H groups in total. The number of amides is 1. The molecule has 20 heavy (non-hydrogen) atoms. The van der Waals surface area contributed by atoms with Crippen LogP contribution in [-0.4, -0.2) is 12.7 Å². The molecule has 0 fully saturated rings. The van der Waals surface area contributed by atoms with Crippen LogP contribution in [0.15, 0.2) is 36.4 Å². The van der Waals surface area contributed by atoms with Crippen molar-refractivity contribution in [3.8, 4) is 11.5 Å². The molecule has 1 aliphatic heterocycles. The first-order valence-electron chi connectivity index (χ1n) is 5.89. The van der Waals surface area contributed by atoms with E-state index in [0.717, 1.165) is 0 Å². The molecule has 0 aliphatic carbocycles. The summed E-state index contributed by atoms with van der Waals surface area (Å²) in [6.45, 7) is 0.153. The Hall–Kier alpha value is -2.40.